The van der Waals surface area contributed by atoms with Crippen LogP contribution >= 0.6 is 0 Å². The Morgan fingerprint density at radius 3 is 2.65 bits per heavy atom. The lowest BCUT2D eigenvalue weighted by molar-refractivity contribution is 0.130. The second kappa shape index (κ2) is 8.03. The average Bonchev–Trinajstić information content (AvgIpc) is 2.62. The number of nitrogens with zero attached hydrogens (tertiary/aromatic N) is 2. The van der Waals surface area contributed by atoms with E-state index in [-0.39, 0.29) is 11.0 Å². The predicted octanol–water partition coefficient (Wildman–Crippen LogP) is 3.45. The second-order valence-electron chi connectivity index (χ2n) is 6.98. The van der Waals surface area contributed by atoms with E-state index in [4.69, 9.17) is 4.74 Å². The second-order valence-corrected chi connectivity index (χ2v) is 8.96. The van der Waals surface area contributed by atoms with E-state index in [0.29, 0.717) is 18.2 Å². The fourth-order valence-corrected chi connectivity index (χ4v) is 3.95. The van der Waals surface area contributed by atoms with Gasteiger partial charge in [-0.15, -0.1) is 0 Å². The molecule has 26 heavy (non-hydrogen) atoms. The Labute approximate surface area is 154 Å². The molecule has 2 aromatic heterocycles. The molecule has 0 spiro atoms. The van der Waals surface area contributed by atoms with Crippen molar-refractivity contribution in [3.63, 3.8) is 0 Å². The molecule has 2 heterocycles. The summed E-state index contributed by atoms with van der Waals surface area (Å²) in [7, 11) is -3.33. The number of anilines is 1. The molecule has 0 amide bonds. The Morgan fingerprint density at radius 2 is 1.92 bits per heavy atom. The minimum atomic E-state index is -3.33. The van der Waals surface area contributed by atoms with Gasteiger partial charge in [-0.25, -0.2) is 18.4 Å². The van der Waals surface area contributed by atoms with Crippen LogP contribution in [0.1, 0.15) is 38.2 Å². The Bertz CT molecular complexity index is 847. The summed E-state index contributed by atoms with van der Waals surface area (Å²) in [6.07, 6.45) is 9.22. The summed E-state index contributed by atoms with van der Waals surface area (Å²) in [5, 5.41) is 3.10. The Balaban J connectivity index is 1.65. The normalized spacial score (nSPS) is 20.5. The van der Waals surface area contributed by atoms with Crippen LogP contribution in [0.15, 0.2) is 41.6 Å². The molecule has 2 aromatic rings. The molecular formula is C19H25N3O3S. The zero-order valence-electron chi connectivity index (χ0n) is 15.2. The maximum absolute atomic E-state index is 11.9. The van der Waals surface area contributed by atoms with Gasteiger partial charge in [0.05, 0.1) is 0 Å². The third-order valence-corrected chi connectivity index (χ3v) is 5.81. The molecule has 140 valence electrons. The van der Waals surface area contributed by atoms with Crippen LogP contribution in [-0.2, 0) is 16.4 Å². The van der Waals surface area contributed by atoms with E-state index in [9.17, 15) is 8.42 Å². The van der Waals surface area contributed by atoms with Crippen LogP contribution in [0.25, 0.3) is 0 Å². The molecule has 0 aromatic carbocycles. The van der Waals surface area contributed by atoms with Gasteiger partial charge >= 0.3 is 0 Å². The van der Waals surface area contributed by atoms with Gasteiger partial charge in [0, 0.05) is 31.3 Å². The molecular weight excluding hydrogens is 350 g/mol. The summed E-state index contributed by atoms with van der Waals surface area (Å²) < 4.78 is 29.7. The summed E-state index contributed by atoms with van der Waals surface area (Å²) in [5.41, 5.74) is 0.962. The SMILES string of the molecule is CC1CCC(Oc2cc(CNc3ncccc3S(C)(=O)=O)ccn2)CC1. The van der Waals surface area contributed by atoms with Crippen molar-refractivity contribution < 1.29 is 13.2 Å². The molecule has 0 atom stereocenters. The Morgan fingerprint density at radius 1 is 1.15 bits per heavy atom. The fraction of sp³-hybridized carbons (Fsp3) is 0.474. The molecule has 0 saturated heterocycles. The van der Waals surface area contributed by atoms with Gasteiger partial charge in [0.1, 0.15) is 16.8 Å². The van der Waals surface area contributed by atoms with Gasteiger partial charge < -0.3 is 10.1 Å². The van der Waals surface area contributed by atoms with Gasteiger partial charge in [-0.05, 0) is 55.4 Å². The van der Waals surface area contributed by atoms with E-state index in [2.05, 4.69) is 22.2 Å². The topological polar surface area (TPSA) is 81.2 Å². The molecule has 1 N–H and O–H groups in total. The number of pyridine rings is 2. The van der Waals surface area contributed by atoms with Crippen LogP contribution in [0, 0.1) is 5.92 Å². The first kappa shape index (κ1) is 18.6. The Kier molecular flexibility index (Phi) is 5.76. The van der Waals surface area contributed by atoms with Gasteiger partial charge in [0.2, 0.25) is 5.88 Å². The summed E-state index contributed by atoms with van der Waals surface area (Å²) in [6, 6.07) is 6.95. The van der Waals surface area contributed by atoms with Gasteiger partial charge in [-0.2, -0.15) is 0 Å². The molecule has 1 fully saturated rings. The van der Waals surface area contributed by atoms with Crippen molar-refractivity contribution in [3.8, 4) is 5.88 Å². The third kappa shape index (κ3) is 4.94. The van der Waals surface area contributed by atoms with Crippen molar-refractivity contribution >= 4 is 15.7 Å². The minimum absolute atomic E-state index is 0.196. The maximum Gasteiger partial charge on any atom is 0.213 e. The van der Waals surface area contributed by atoms with Crippen molar-refractivity contribution in [2.24, 2.45) is 5.92 Å². The number of nitrogens with one attached hydrogen (secondary N) is 1. The van der Waals surface area contributed by atoms with Gasteiger partial charge in [-0.1, -0.05) is 6.92 Å². The number of aromatic nitrogens is 2. The van der Waals surface area contributed by atoms with Crippen molar-refractivity contribution in [2.45, 2.75) is 50.2 Å². The van der Waals surface area contributed by atoms with Crippen LogP contribution in [0.4, 0.5) is 5.82 Å². The average molecular weight is 375 g/mol. The molecule has 1 aliphatic rings. The molecule has 7 heteroatoms. The standard InChI is InChI=1S/C19H25N3O3S/c1-14-5-7-16(8-6-14)25-18-12-15(9-11-20-18)13-22-19-17(26(2,23)24)4-3-10-21-19/h3-4,9-12,14,16H,5-8,13H2,1-2H3,(H,21,22). The maximum atomic E-state index is 11.9. The van der Waals surface area contributed by atoms with Crippen LogP contribution in [0.2, 0.25) is 0 Å². The lowest BCUT2D eigenvalue weighted by Crippen LogP contribution is -2.23. The van der Waals surface area contributed by atoms with Crippen LogP contribution in [-0.4, -0.2) is 30.7 Å². The largest absolute Gasteiger partial charge is 0.474 e. The van der Waals surface area contributed by atoms with Gasteiger partial charge in [0.25, 0.3) is 0 Å². The number of hydrogen-bond donors (Lipinski definition) is 1. The van der Waals surface area contributed by atoms with Crippen molar-refractivity contribution in [3.05, 3.63) is 42.2 Å². The molecule has 6 nitrogen and oxygen atoms in total. The number of ether oxygens (including phenoxy) is 1. The molecule has 0 bridgehead atoms. The highest BCUT2D eigenvalue weighted by molar-refractivity contribution is 7.90. The Hall–Kier alpha value is -2.15. The van der Waals surface area contributed by atoms with E-state index in [1.54, 1.807) is 24.5 Å². The number of sulfone groups is 1. The lowest BCUT2D eigenvalue weighted by Gasteiger charge is -2.26. The molecule has 0 radical (unpaired) electrons. The summed E-state index contributed by atoms with van der Waals surface area (Å²) >= 11 is 0. The minimum Gasteiger partial charge on any atom is -0.474 e. The first-order chi connectivity index (χ1) is 12.4. The highest BCUT2D eigenvalue weighted by Crippen LogP contribution is 2.27. The van der Waals surface area contributed by atoms with E-state index < -0.39 is 9.84 Å². The summed E-state index contributed by atoms with van der Waals surface area (Å²) in [4.78, 5) is 8.65. The number of hydrogen-bond acceptors (Lipinski definition) is 6. The third-order valence-electron chi connectivity index (χ3n) is 4.68. The van der Waals surface area contributed by atoms with Gasteiger partial charge in [0.15, 0.2) is 9.84 Å². The zero-order valence-corrected chi connectivity index (χ0v) is 16.0. The molecule has 1 saturated carbocycles. The van der Waals surface area contributed by atoms with Crippen molar-refractivity contribution in [1.82, 2.24) is 9.97 Å². The van der Waals surface area contributed by atoms with Crippen LogP contribution in [0.5, 0.6) is 5.88 Å². The van der Waals surface area contributed by atoms with E-state index in [0.717, 1.165) is 24.3 Å². The lowest BCUT2D eigenvalue weighted by atomic mass is 9.89. The first-order valence-corrected chi connectivity index (χ1v) is 10.8. The monoisotopic (exact) mass is 375 g/mol. The zero-order chi connectivity index (χ0) is 18.6. The summed E-state index contributed by atoms with van der Waals surface area (Å²) in [5.74, 6) is 1.75. The van der Waals surface area contributed by atoms with E-state index >= 15 is 0 Å². The van der Waals surface area contributed by atoms with Gasteiger partial charge in [-0.3, -0.25) is 0 Å². The highest BCUT2D eigenvalue weighted by Gasteiger charge is 2.20. The predicted molar refractivity (Wildman–Crippen MR) is 101 cm³/mol. The number of rotatable bonds is 6. The van der Waals surface area contributed by atoms with Crippen LogP contribution in [0.3, 0.4) is 0 Å². The molecule has 1 aliphatic carbocycles. The molecule has 0 unspecified atom stereocenters. The van der Waals surface area contributed by atoms with Crippen molar-refractivity contribution in [2.75, 3.05) is 11.6 Å². The first-order valence-electron chi connectivity index (χ1n) is 8.92. The van der Waals surface area contributed by atoms with E-state index in [1.165, 1.54) is 19.1 Å². The quantitative estimate of drug-likeness (QED) is 0.833. The molecule has 3 rings (SSSR count). The molecule has 0 aliphatic heterocycles. The fourth-order valence-electron chi connectivity index (χ4n) is 3.15. The smallest absolute Gasteiger partial charge is 0.213 e. The van der Waals surface area contributed by atoms with Crippen LogP contribution < -0.4 is 10.1 Å². The summed E-state index contributed by atoms with van der Waals surface area (Å²) in [6.45, 7) is 2.73. The highest BCUT2D eigenvalue weighted by atomic mass is 32.2. The van der Waals surface area contributed by atoms with E-state index in [1.807, 2.05) is 12.1 Å². The van der Waals surface area contributed by atoms with Crippen molar-refractivity contribution in [1.29, 1.82) is 0 Å².